The van der Waals surface area contributed by atoms with E-state index in [1.54, 1.807) is 36.4 Å². The van der Waals surface area contributed by atoms with Crippen LogP contribution in [0, 0.1) is 0 Å². The smallest absolute Gasteiger partial charge is 0.251 e. The van der Waals surface area contributed by atoms with Crippen LogP contribution in [0.3, 0.4) is 0 Å². The maximum absolute atomic E-state index is 13.1. The zero-order valence-corrected chi connectivity index (χ0v) is 21.7. The van der Waals surface area contributed by atoms with Crippen molar-refractivity contribution in [2.75, 3.05) is 52.4 Å². The summed E-state index contributed by atoms with van der Waals surface area (Å²) < 4.78 is 33.7. The van der Waals surface area contributed by atoms with Crippen molar-refractivity contribution >= 4 is 39.1 Å². The summed E-state index contributed by atoms with van der Waals surface area (Å²) in [6, 6.07) is 11.5. The molecule has 35 heavy (non-hydrogen) atoms. The van der Waals surface area contributed by atoms with Gasteiger partial charge in [0.1, 0.15) is 11.9 Å². The van der Waals surface area contributed by atoms with E-state index in [1.807, 2.05) is 0 Å². The Bertz CT molecular complexity index is 1120. The van der Waals surface area contributed by atoms with Crippen LogP contribution in [0.15, 0.2) is 47.4 Å². The number of ether oxygens (including phenoxy) is 1. The van der Waals surface area contributed by atoms with Gasteiger partial charge in [-0.25, -0.2) is 8.42 Å². The van der Waals surface area contributed by atoms with E-state index in [0.29, 0.717) is 60.6 Å². The van der Waals surface area contributed by atoms with E-state index in [4.69, 9.17) is 27.9 Å². The SMILES string of the molecule is O=C(NCCN1CCN(S(=O)(=O)c2ccc(OC3CCNCC3)cc2)CC1)c1ccc(Cl)c(Cl)c1. The minimum absolute atomic E-state index is 0.167. The number of carbonyl (C=O) groups excluding carboxylic acids is 1. The molecule has 190 valence electrons. The second-order valence-corrected chi connectivity index (χ2v) is 11.4. The Labute approximate surface area is 216 Å². The zero-order valence-electron chi connectivity index (χ0n) is 19.4. The number of piperazine rings is 1. The van der Waals surface area contributed by atoms with E-state index < -0.39 is 10.0 Å². The predicted octanol–water partition coefficient (Wildman–Crippen LogP) is 2.86. The number of piperidine rings is 1. The number of hydrogen-bond donors (Lipinski definition) is 2. The normalized spacial score (nSPS) is 18.3. The Morgan fingerprint density at radius 3 is 2.34 bits per heavy atom. The van der Waals surface area contributed by atoms with Crippen LogP contribution in [0.25, 0.3) is 0 Å². The molecule has 1 amide bonds. The first-order chi connectivity index (χ1) is 16.8. The van der Waals surface area contributed by atoms with Crippen LogP contribution in [-0.2, 0) is 10.0 Å². The summed E-state index contributed by atoms with van der Waals surface area (Å²) in [7, 11) is -3.56. The highest BCUT2D eigenvalue weighted by molar-refractivity contribution is 7.89. The van der Waals surface area contributed by atoms with Crippen molar-refractivity contribution in [1.29, 1.82) is 0 Å². The number of nitrogens with one attached hydrogen (secondary N) is 2. The molecule has 0 unspecified atom stereocenters. The maximum atomic E-state index is 13.1. The van der Waals surface area contributed by atoms with Gasteiger partial charge in [-0.1, -0.05) is 23.2 Å². The number of amides is 1. The number of nitrogens with zero attached hydrogens (tertiary/aromatic N) is 2. The Morgan fingerprint density at radius 2 is 1.69 bits per heavy atom. The molecular formula is C24H30Cl2N4O4S. The highest BCUT2D eigenvalue weighted by Gasteiger charge is 2.28. The molecule has 0 saturated carbocycles. The molecule has 2 N–H and O–H groups in total. The Morgan fingerprint density at radius 1 is 1.00 bits per heavy atom. The molecule has 0 aliphatic carbocycles. The van der Waals surface area contributed by atoms with Gasteiger partial charge in [-0.15, -0.1) is 0 Å². The molecular weight excluding hydrogens is 511 g/mol. The standard InChI is InChI=1S/C24H30Cl2N4O4S/c25-22-6-1-18(17-23(22)26)24(31)28-11-12-29-13-15-30(16-14-29)35(32,33)21-4-2-19(3-5-21)34-20-7-9-27-10-8-20/h1-6,17,20,27H,7-16H2,(H,28,31). The van der Waals surface area contributed by atoms with Crippen LogP contribution in [0.1, 0.15) is 23.2 Å². The molecule has 11 heteroatoms. The maximum Gasteiger partial charge on any atom is 0.251 e. The highest BCUT2D eigenvalue weighted by Crippen LogP contribution is 2.24. The molecule has 2 aromatic rings. The van der Waals surface area contributed by atoms with Crippen LogP contribution in [0.2, 0.25) is 10.0 Å². The Kier molecular flexibility index (Phi) is 8.91. The largest absolute Gasteiger partial charge is 0.490 e. The molecule has 2 aliphatic rings. The fourth-order valence-electron chi connectivity index (χ4n) is 4.21. The zero-order chi connectivity index (χ0) is 24.8. The molecule has 2 heterocycles. The van der Waals surface area contributed by atoms with Crippen molar-refractivity contribution in [2.24, 2.45) is 0 Å². The number of halogens is 2. The van der Waals surface area contributed by atoms with Crippen LogP contribution in [-0.4, -0.2) is 82.0 Å². The number of sulfonamides is 1. The summed E-state index contributed by atoms with van der Waals surface area (Å²) in [6.07, 6.45) is 2.06. The van der Waals surface area contributed by atoms with E-state index >= 15 is 0 Å². The molecule has 0 aromatic heterocycles. The molecule has 2 aliphatic heterocycles. The van der Waals surface area contributed by atoms with Gasteiger partial charge in [-0.2, -0.15) is 4.31 Å². The fourth-order valence-corrected chi connectivity index (χ4v) is 5.93. The summed E-state index contributed by atoms with van der Waals surface area (Å²) in [5, 5.41) is 6.90. The summed E-state index contributed by atoms with van der Waals surface area (Å²) in [5.74, 6) is 0.473. The van der Waals surface area contributed by atoms with Crippen molar-refractivity contribution < 1.29 is 17.9 Å². The van der Waals surface area contributed by atoms with Crippen molar-refractivity contribution in [2.45, 2.75) is 23.8 Å². The van der Waals surface area contributed by atoms with Crippen LogP contribution in [0.4, 0.5) is 0 Å². The van der Waals surface area contributed by atoms with Gasteiger partial charge in [-0.3, -0.25) is 9.69 Å². The van der Waals surface area contributed by atoms with Gasteiger partial charge < -0.3 is 15.4 Å². The quantitative estimate of drug-likeness (QED) is 0.535. The lowest BCUT2D eigenvalue weighted by molar-refractivity contribution is 0.0945. The van der Waals surface area contributed by atoms with Gasteiger partial charge in [-0.05, 0) is 68.4 Å². The molecule has 0 radical (unpaired) electrons. The van der Waals surface area contributed by atoms with Crippen LogP contribution >= 0.6 is 23.2 Å². The lowest BCUT2D eigenvalue weighted by Crippen LogP contribution is -2.50. The molecule has 4 rings (SSSR count). The van der Waals surface area contributed by atoms with E-state index in [2.05, 4.69) is 15.5 Å². The number of rotatable bonds is 8. The average Bonchev–Trinajstić information content (AvgIpc) is 2.87. The van der Waals surface area contributed by atoms with Crippen molar-refractivity contribution in [3.8, 4) is 5.75 Å². The van der Waals surface area contributed by atoms with E-state index in [9.17, 15) is 13.2 Å². The van der Waals surface area contributed by atoms with Gasteiger partial charge in [0.05, 0.1) is 14.9 Å². The number of hydrogen-bond acceptors (Lipinski definition) is 6. The third kappa shape index (κ3) is 6.87. The first kappa shape index (κ1) is 26.2. The lowest BCUT2D eigenvalue weighted by atomic mass is 10.1. The topological polar surface area (TPSA) is 91.0 Å². The molecule has 2 fully saturated rings. The summed E-state index contributed by atoms with van der Waals surface area (Å²) >= 11 is 11.9. The van der Waals surface area contributed by atoms with Crippen LogP contribution < -0.4 is 15.4 Å². The van der Waals surface area contributed by atoms with Crippen molar-refractivity contribution in [3.05, 3.63) is 58.1 Å². The number of carbonyl (C=O) groups is 1. The third-order valence-corrected chi connectivity index (χ3v) is 8.93. The monoisotopic (exact) mass is 540 g/mol. The molecule has 8 nitrogen and oxygen atoms in total. The van der Waals surface area contributed by atoms with Gasteiger partial charge in [0, 0.05) is 44.8 Å². The molecule has 0 spiro atoms. The summed E-state index contributed by atoms with van der Waals surface area (Å²) in [5.41, 5.74) is 0.447. The minimum Gasteiger partial charge on any atom is -0.490 e. The minimum atomic E-state index is -3.56. The number of benzene rings is 2. The first-order valence-corrected chi connectivity index (χ1v) is 14.0. The average molecular weight is 542 g/mol. The molecule has 0 atom stereocenters. The fraction of sp³-hybridized carbons (Fsp3) is 0.458. The van der Waals surface area contributed by atoms with Crippen LogP contribution in [0.5, 0.6) is 5.75 Å². The van der Waals surface area contributed by atoms with Crippen molar-refractivity contribution in [3.63, 3.8) is 0 Å². The van der Waals surface area contributed by atoms with Gasteiger partial charge in [0.2, 0.25) is 10.0 Å². The summed E-state index contributed by atoms with van der Waals surface area (Å²) in [4.78, 5) is 14.7. The third-order valence-electron chi connectivity index (χ3n) is 6.28. The molecule has 2 aromatic carbocycles. The Hall–Kier alpha value is -1.88. The van der Waals surface area contributed by atoms with E-state index in [0.717, 1.165) is 25.9 Å². The molecule has 2 saturated heterocycles. The highest BCUT2D eigenvalue weighted by atomic mass is 35.5. The van der Waals surface area contributed by atoms with Gasteiger partial charge >= 0.3 is 0 Å². The predicted molar refractivity (Wildman–Crippen MR) is 137 cm³/mol. The first-order valence-electron chi connectivity index (χ1n) is 11.8. The van der Waals surface area contributed by atoms with Gasteiger partial charge in [0.15, 0.2) is 0 Å². The summed E-state index contributed by atoms with van der Waals surface area (Å²) in [6.45, 7) is 4.94. The Balaban J connectivity index is 1.23. The van der Waals surface area contributed by atoms with E-state index in [1.165, 1.54) is 10.4 Å². The second-order valence-electron chi connectivity index (χ2n) is 8.67. The lowest BCUT2D eigenvalue weighted by Gasteiger charge is -2.34. The van der Waals surface area contributed by atoms with E-state index in [-0.39, 0.29) is 16.9 Å². The van der Waals surface area contributed by atoms with Crippen molar-refractivity contribution in [1.82, 2.24) is 19.8 Å². The second kappa shape index (κ2) is 11.9. The van der Waals surface area contributed by atoms with Gasteiger partial charge in [0.25, 0.3) is 5.91 Å². The molecule has 0 bridgehead atoms.